The molecule has 80 valence electrons. The van der Waals surface area contributed by atoms with Crippen molar-refractivity contribution in [3.05, 3.63) is 0 Å². The first-order valence-electron chi connectivity index (χ1n) is 5.00. The van der Waals surface area contributed by atoms with Gasteiger partial charge in [-0.05, 0) is 0 Å². The summed E-state index contributed by atoms with van der Waals surface area (Å²) in [5.41, 5.74) is 0. The highest BCUT2D eigenvalue weighted by atomic mass is 30.2. The summed E-state index contributed by atoms with van der Waals surface area (Å²) in [5.74, 6) is 0. The molecule has 1 rings (SSSR count). The van der Waals surface area contributed by atoms with Crippen molar-refractivity contribution in [3.63, 3.8) is 0 Å². The normalized spacial score (nSPS) is 31.4. The molecule has 5 heteroatoms. The van der Waals surface area contributed by atoms with Crippen LogP contribution in [0.4, 0.5) is 0 Å². The predicted octanol–water partition coefficient (Wildman–Crippen LogP) is 3.31. The lowest BCUT2D eigenvalue weighted by atomic mass is 11.9. The molecule has 0 spiro atoms. The molecule has 1 heterocycles. The Bertz CT molecular complexity index is 156. The van der Waals surface area contributed by atoms with E-state index in [-0.39, 0.29) is 6.15 Å². The van der Waals surface area contributed by atoms with Crippen LogP contribution in [0, 0.1) is 0 Å². The average Bonchev–Trinajstić information content (AvgIpc) is 1.84. The number of hydrogen-bond acceptors (Lipinski definition) is 1. The van der Waals surface area contributed by atoms with Gasteiger partial charge < -0.3 is 6.15 Å². The van der Waals surface area contributed by atoms with E-state index < -0.39 is 28.4 Å². The van der Waals surface area contributed by atoms with Crippen molar-refractivity contribution in [3.8, 4) is 0 Å². The summed E-state index contributed by atoms with van der Waals surface area (Å²) >= 11 is 0. The molecule has 0 aliphatic carbocycles. The van der Waals surface area contributed by atoms with E-state index >= 15 is 0 Å². The Morgan fingerprint density at radius 3 is 0.538 bits per heavy atom. The van der Waals surface area contributed by atoms with Crippen molar-refractivity contribution in [2.45, 2.75) is 52.4 Å². The number of rotatable bonds is 0. The van der Waals surface area contributed by atoms with E-state index in [2.05, 4.69) is 52.4 Å². The zero-order valence-corrected chi connectivity index (χ0v) is 14.7. The minimum atomic E-state index is -0.702. The molecule has 13 heavy (non-hydrogen) atoms. The van der Waals surface area contributed by atoms with Crippen LogP contribution in [-0.2, 0) is 0 Å². The molecule has 1 saturated heterocycles. The lowest BCUT2D eigenvalue weighted by Gasteiger charge is -2.72. The summed E-state index contributed by atoms with van der Waals surface area (Å²) < 4.78 is 0. The Hall–Kier alpha value is 0.828. The van der Waals surface area contributed by atoms with Gasteiger partial charge in [-0.3, -0.25) is 0 Å². The molecule has 3 N–H and O–H groups in total. The molecule has 0 bridgehead atoms. The molecule has 0 aromatic rings. The molecule has 0 aromatic heterocycles. The second-order valence-electron chi connectivity index (χ2n) is 6.50. The Balaban J connectivity index is 0.00000144. The fraction of sp³-hybridized carbons (Fsp3) is 1.00. The van der Waals surface area contributed by atoms with Gasteiger partial charge in [-0.1, -0.05) is 52.4 Å². The van der Waals surface area contributed by atoms with Crippen molar-refractivity contribution in [1.29, 1.82) is 0 Å². The van der Waals surface area contributed by atoms with Gasteiger partial charge in [-0.2, -0.15) is 0 Å². The molecule has 1 aliphatic heterocycles. The smallest absolute Gasteiger partial charge is 0.0307 e. The lowest BCUT2D eigenvalue weighted by molar-refractivity contribution is 1.71. The van der Waals surface area contributed by atoms with Crippen molar-refractivity contribution in [2.75, 3.05) is 0 Å². The first-order chi connectivity index (χ1) is 5.00. The molecular formula is C8H27NSi4. The highest BCUT2D eigenvalue weighted by Gasteiger charge is 2.75. The monoisotopic (exact) mass is 249 g/mol. The van der Waals surface area contributed by atoms with Gasteiger partial charge in [0.25, 0.3) is 0 Å². The average molecular weight is 250 g/mol. The molecule has 0 amide bonds. The van der Waals surface area contributed by atoms with Gasteiger partial charge in [0.05, 0.1) is 0 Å². The summed E-state index contributed by atoms with van der Waals surface area (Å²) in [5, 5.41) is 0. The quantitative estimate of drug-likeness (QED) is 0.657. The maximum absolute atomic E-state index is 2.70. The largest absolute Gasteiger partial charge is 0.344 e. The van der Waals surface area contributed by atoms with Crippen molar-refractivity contribution >= 4 is 28.4 Å². The summed E-state index contributed by atoms with van der Waals surface area (Å²) in [6.45, 7) is 21.6. The zero-order chi connectivity index (χ0) is 10.0. The molecule has 1 fully saturated rings. The minimum Gasteiger partial charge on any atom is -0.344 e. The SMILES string of the molecule is C[Si]1(C)[Si](C)(C)[Si](C)(C)[Si]1(C)C.N. The minimum absolute atomic E-state index is 0. The van der Waals surface area contributed by atoms with E-state index in [1.165, 1.54) is 0 Å². The van der Waals surface area contributed by atoms with E-state index in [1.54, 1.807) is 0 Å². The zero-order valence-electron chi connectivity index (χ0n) is 10.7. The Morgan fingerprint density at radius 2 is 0.462 bits per heavy atom. The van der Waals surface area contributed by atoms with Crippen molar-refractivity contribution in [1.82, 2.24) is 6.15 Å². The molecule has 0 atom stereocenters. The standard InChI is InChI=1S/C8H24Si4.H3N/c1-9(2)10(3,4)12(7,8)11(9,5)6;/h1-8H3;1H3. The summed E-state index contributed by atoms with van der Waals surface area (Å²) in [6, 6.07) is 0. The molecule has 1 aliphatic rings. The first-order valence-corrected chi connectivity index (χ1v) is 21.0. The van der Waals surface area contributed by atoms with Gasteiger partial charge in [-0.15, -0.1) is 0 Å². The summed E-state index contributed by atoms with van der Waals surface area (Å²) in [4.78, 5) is 0. The van der Waals surface area contributed by atoms with E-state index in [4.69, 9.17) is 0 Å². The molecule has 0 saturated carbocycles. The van der Waals surface area contributed by atoms with E-state index in [0.29, 0.717) is 0 Å². The third-order valence-corrected chi connectivity index (χ3v) is 110. The Morgan fingerprint density at radius 1 is 0.385 bits per heavy atom. The van der Waals surface area contributed by atoms with Gasteiger partial charge >= 0.3 is 0 Å². The van der Waals surface area contributed by atoms with Gasteiger partial charge in [0.15, 0.2) is 0 Å². The van der Waals surface area contributed by atoms with Crippen LogP contribution in [0.3, 0.4) is 0 Å². The topological polar surface area (TPSA) is 35.0 Å². The maximum atomic E-state index is 2.70. The molecular weight excluding hydrogens is 222 g/mol. The third kappa shape index (κ3) is 1.11. The van der Waals surface area contributed by atoms with Crippen molar-refractivity contribution < 1.29 is 0 Å². The van der Waals surface area contributed by atoms with E-state index in [1.807, 2.05) is 0 Å². The van der Waals surface area contributed by atoms with Gasteiger partial charge in [0.1, 0.15) is 0 Å². The Labute approximate surface area is 87.1 Å². The van der Waals surface area contributed by atoms with Crippen LogP contribution in [0.15, 0.2) is 0 Å². The Kier molecular flexibility index (Phi) is 3.10. The number of hydrogen-bond donors (Lipinski definition) is 1. The van der Waals surface area contributed by atoms with Crippen LogP contribution >= 0.6 is 0 Å². The van der Waals surface area contributed by atoms with Crippen LogP contribution < -0.4 is 6.15 Å². The van der Waals surface area contributed by atoms with Crippen LogP contribution in [0.2, 0.25) is 52.4 Å². The van der Waals surface area contributed by atoms with Gasteiger partial charge in [-0.25, -0.2) is 0 Å². The highest BCUT2D eigenvalue weighted by Crippen LogP contribution is 2.50. The maximum Gasteiger partial charge on any atom is 0.0307 e. The predicted molar refractivity (Wildman–Crippen MR) is 75.0 cm³/mol. The van der Waals surface area contributed by atoms with Crippen LogP contribution in [-0.4, -0.2) is 28.4 Å². The summed E-state index contributed by atoms with van der Waals surface area (Å²) in [6.07, 6.45) is 0. The lowest BCUT2D eigenvalue weighted by Crippen LogP contribution is -3.00. The second kappa shape index (κ2) is 2.91. The molecule has 1 nitrogen and oxygen atoms in total. The fourth-order valence-corrected chi connectivity index (χ4v) is 140. The van der Waals surface area contributed by atoms with Crippen molar-refractivity contribution in [2.24, 2.45) is 0 Å². The van der Waals surface area contributed by atoms with Gasteiger partial charge in [0.2, 0.25) is 0 Å². The van der Waals surface area contributed by atoms with Crippen LogP contribution in [0.1, 0.15) is 0 Å². The van der Waals surface area contributed by atoms with Crippen LogP contribution in [0.25, 0.3) is 0 Å². The summed E-state index contributed by atoms with van der Waals surface area (Å²) in [7, 11) is -2.81. The third-order valence-electron chi connectivity index (χ3n) is 6.25. The van der Waals surface area contributed by atoms with E-state index in [0.717, 1.165) is 0 Å². The van der Waals surface area contributed by atoms with E-state index in [9.17, 15) is 0 Å². The fourth-order valence-electron chi connectivity index (χ4n) is 3.06. The molecule has 0 aromatic carbocycles. The van der Waals surface area contributed by atoms with Crippen LogP contribution in [0.5, 0.6) is 0 Å². The van der Waals surface area contributed by atoms with Gasteiger partial charge in [0, 0.05) is 28.4 Å². The second-order valence-corrected chi connectivity index (χ2v) is 55.5. The molecule has 0 radical (unpaired) electrons. The first kappa shape index (κ1) is 13.8. The highest BCUT2D eigenvalue weighted by molar-refractivity contribution is 8.13. The molecule has 0 unspecified atom stereocenters.